The number of hydrogen-bond donors (Lipinski definition) is 2. The number of nitrogens with two attached hydrogens (primary N) is 1. The highest BCUT2D eigenvalue weighted by Gasteiger charge is 2.28. The van der Waals surface area contributed by atoms with Crippen molar-refractivity contribution in [3.63, 3.8) is 0 Å². The van der Waals surface area contributed by atoms with E-state index in [0.29, 0.717) is 32.6 Å². The average molecular weight is 257 g/mol. The van der Waals surface area contributed by atoms with Crippen molar-refractivity contribution in [1.82, 2.24) is 9.80 Å². The number of piperazine rings is 1. The molecule has 0 radical (unpaired) electrons. The fourth-order valence-electron chi connectivity index (χ4n) is 2.15. The summed E-state index contributed by atoms with van der Waals surface area (Å²) in [7, 11) is 0. The van der Waals surface area contributed by atoms with Gasteiger partial charge in [-0.3, -0.25) is 14.5 Å². The van der Waals surface area contributed by atoms with Gasteiger partial charge in [0.25, 0.3) is 0 Å². The molecule has 2 atom stereocenters. The normalized spacial score (nSPS) is 20.5. The lowest BCUT2D eigenvalue weighted by atomic mass is 10.1. The maximum absolute atomic E-state index is 12.0. The third-order valence-corrected chi connectivity index (χ3v) is 3.45. The van der Waals surface area contributed by atoms with Crippen LogP contribution in [0.1, 0.15) is 26.7 Å². The molecule has 6 nitrogen and oxygen atoms in total. The van der Waals surface area contributed by atoms with Crippen LogP contribution in [0.4, 0.5) is 0 Å². The van der Waals surface area contributed by atoms with Gasteiger partial charge >= 0.3 is 5.97 Å². The van der Waals surface area contributed by atoms with Crippen LogP contribution in [-0.4, -0.2) is 65.0 Å². The third-order valence-electron chi connectivity index (χ3n) is 3.45. The molecule has 18 heavy (non-hydrogen) atoms. The number of nitrogens with zero attached hydrogens (tertiary/aromatic N) is 2. The maximum atomic E-state index is 12.0. The van der Waals surface area contributed by atoms with Crippen molar-refractivity contribution in [3.8, 4) is 0 Å². The van der Waals surface area contributed by atoms with Crippen LogP contribution in [0, 0.1) is 0 Å². The van der Waals surface area contributed by atoms with E-state index < -0.39 is 18.1 Å². The quantitative estimate of drug-likeness (QED) is 0.708. The van der Waals surface area contributed by atoms with Crippen LogP contribution in [0.15, 0.2) is 0 Å². The van der Waals surface area contributed by atoms with Gasteiger partial charge in [-0.1, -0.05) is 13.3 Å². The molecule has 0 aromatic rings. The molecule has 6 heteroatoms. The molecule has 2 unspecified atom stereocenters. The second kappa shape index (κ2) is 6.70. The maximum Gasteiger partial charge on any atom is 0.320 e. The Labute approximate surface area is 108 Å². The molecule has 0 spiro atoms. The Morgan fingerprint density at radius 3 is 2.28 bits per heavy atom. The van der Waals surface area contributed by atoms with Gasteiger partial charge in [0, 0.05) is 26.2 Å². The van der Waals surface area contributed by atoms with Crippen LogP contribution in [0.25, 0.3) is 0 Å². The van der Waals surface area contributed by atoms with Gasteiger partial charge in [0.2, 0.25) is 5.91 Å². The summed E-state index contributed by atoms with van der Waals surface area (Å²) in [4.78, 5) is 26.4. The molecule has 1 saturated heterocycles. The van der Waals surface area contributed by atoms with Gasteiger partial charge in [-0.25, -0.2) is 0 Å². The highest BCUT2D eigenvalue weighted by Crippen LogP contribution is 2.09. The van der Waals surface area contributed by atoms with Gasteiger partial charge in [0.15, 0.2) is 0 Å². The second-order valence-electron chi connectivity index (χ2n) is 4.77. The van der Waals surface area contributed by atoms with Crippen molar-refractivity contribution in [1.29, 1.82) is 0 Å². The van der Waals surface area contributed by atoms with Crippen LogP contribution in [0.5, 0.6) is 0 Å². The molecular formula is C12H23N3O3. The van der Waals surface area contributed by atoms with Crippen molar-refractivity contribution >= 4 is 11.9 Å². The fourth-order valence-corrected chi connectivity index (χ4v) is 2.15. The number of carboxylic acids is 1. The lowest BCUT2D eigenvalue weighted by Crippen LogP contribution is -2.55. The minimum absolute atomic E-state index is 0.0144. The summed E-state index contributed by atoms with van der Waals surface area (Å²) in [5.74, 6) is -0.836. The summed E-state index contributed by atoms with van der Waals surface area (Å²) < 4.78 is 0. The zero-order chi connectivity index (χ0) is 13.7. The minimum atomic E-state index is -0.822. The number of rotatable bonds is 5. The minimum Gasteiger partial charge on any atom is -0.480 e. The standard InChI is InChI=1S/C12H23N3O3/c1-3-4-10(13)11(16)15-7-5-14(6-8-15)9(2)12(17)18/h9-10H,3-8,13H2,1-2H3,(H,17,18). The fraction of sp³-hybridized carbons (Fsp3) is 0.833. The number of carbonyl (C=O) groups excluding carboxylic acids is 1. The number of aliphatic carboxylic acids is 1. The summed E-state index contributed by atoms with van der Waals surface area (Å²) in [6.45, 7) is 5.99. The summed E-state index contributed by atoms with van der Waals surface area (Å²) in [6.07, 6.45) is 1.59. The molecular weight excluding hydrogens is 234 g/mol. The van der Waals surface area contributed by atoms with Gasteiger partial charge in [-0.15, -0.1) is 0 Å². The van der Waals surface area contributed by atoms with Crippen molar-refractivity contribution in [2.24, 2.45) is 5.73 Å². The topological polar surface area (TPSA) is 86.9 Å². The van der Waals surface area contributed by atoms with Gasteiger partial charge in [-0.05, 0) is 13.3 Å². The molecule has 1 fully saturated rings. The van der Waals surface area contributed by atoms with E-state index in [0.717, 1.165) is 6.42 Å². The van der Waals surface area contributed by atoms with E-state index in [9.17, 15) is 9.59 Å². The molecule has 0 aliphatic carbocycles. The Morgan fingerprint density at radius 2 is 1.83 bits per heavy atom. The SMILES string of the molecule is CCCC(N)C(=O)N1CCN(C(C)C(=O)O)CC1. The first-order valence-electron chi connectivity index (χ1n) is 6.48. The van der Waals surface area contributed by atoms with E-state index in [2.05, 4.69) is 0 Å². The van der Waals surface area contributed by atoms with Crippen molar-refractivity contribution in [3.05, 3.63) is 0 Å². The first-order chi connectivity index (χ1) is 8.47. The second-order valence-corrected chi connectivity index (χ2v) is 4.77. The molecule has 0 bridgehead atoms. The first-order valence-corrected chi connectivity index (χ1v) is 6.48. The van der Waals surface area contributed by atoms with E-state index in [1.807, 2.05) is 11.8 Å². The molecule has 1 aliphatic heterocycles. The first kappa shape index (κ1) is 14.9. The molecule has 1 amide bonds. The molecule has 104 valence electrons. The molecule has 0 aromatic carbocycles. The summed E-state index contributed by atoms with van der Waals surface area (Å²) >= 11 is 0. The zero-order valence-electron chi connectivity index (χ0n) is 11.1. The van der Waals surface area contributed by atoms with E-state index in [-0.39, 0.29) is 5.91 Å². The predicted molar refractivity (Wildman–Crippen MR) is 68.1 cm³/mol. The van der Waals surface area contributed by atoms with Crippen LogP contribution in [-0.2, 0) is 9.59 Å². The van der Waals surface area contributed by atoms with Crippen molar-refractivity contribution in [2.75, 3.05) is 26.2 Å². The number of amides is 1. The Kier molecular flexibility index (Phi) is 5.55. The van der Waals surface area contributed by atoms with E-state index in [4.69, 9.17) is 10.8 Å². The zero-order valence-corrected chi connectivity index (χ0v) is 11.1. The third kappa shape index (κ3) is 3.68. The Balaban J connectivity index is 2.44. The Bertz CT molecular complexity index is 301. The number of carboxylic acid groups (broad SMARTS) is 1. The molecule has 3 N–H and O–H groups in total. The van der Waals surface area contributed by atoms with Gasteiger partial charge < -0.3 is 15.7 Å². The van der Waals surface area contributed by atoms with Gasteiger partial charge in [0.05, 0.1) is 6.04 Å². The van der Waals surface area contributed by atoms with Crippen LogP contribution in [0.3, 0.4) is 0 Å². The molecule has 0 saturated carbocycles. The molecule has 1 rings (SSSR count). The average Bonchev–Trinajstić information content (AvgIpc) is 2.37. The Morgan fingerprint density at radius 1 is 1.28 bits per heavy atom. The van der Waals surface area contributed by atoms with Gasteiger partial charge in [0.1, 0.15) is 6.04 Å². The number of hydrogen-bond acceptors (Lipinski definition) is 4. The highest BCUT2D eigenvalue weighted by atomic mass is 16.4. The highest BCUT2D eigenvalue weighted by molar-refractivity contribution is 5.81. The largest absolute Gasteiger partial charge is 0.480 e. The summed E-state index contributed by atoms with van der Waals surface area (Å²) in [6, 6.07) is -0.912. The van der Waals surface area contributed by atoms with E-state index in [1.54, 1.807) is 11.8 Å². The van der Waals surface area contributed by atoms with Gasteiger partial charge in [-0.2, -0.15) is 0 Å². The van der Waals surface area contributed by atoms with Crippen molar-refractivity contribution < 1.29 is 14.7 Å². The van der Waals surface area contributed by atoms with E-state index in [1.165, 1.54) is 0 Å². The van der Waals surface area contributed by atoms with Crippen LogP contribution in [0.2, 0.25) is 0 Å². The van der Waals surface area contributed by atoms with Crippen LogP contribution >= 0.6 is 0 Å². The van der Waals surface area contributed by atoms with Crippen molar-refractivity contribution in [2.45, 2.75) is 38.8 Å². The molecule has 0 aromatic heterocycles. The molecule has 1 aliphatic rings. The van der Waals surface area contributed by atoms with E-state index >= 15 is 0 Å². The van der Waals surface area contributed by atoms with Crippen LogP contribution < -0.4 is 5.73 Å². The lowest BCUT2D eigenvalue weighted by Gasteiger charge is -2.37. The smallest absolute Gasteiger partial charge is 0.320 e. The number of carbonyl (C=O) groups is 2. The lowest BCUT2D eigenvalue weighted by molar-refractivity contribution is -0.144. The molecule has 1 heterocycles. The monoisotopic (exact) mass is 257 g/mol. The predicted octanol–water partition coefficient (Wildman–Crippen LogP) is -0.269. The summed E-state index contributed by atoms with van der Waals surface area (Å²) in [5.41, 5.74) is 5.80. The Hall–Kier alpha value is -1.14. The summed E-state index contributed by atoms with van der Waals surface area (Å²) in [5, 5.41) is 8.93.